The Hall–Kier alpha value is -6.48. The molecule has 5 aliphatic rings. The lowest BCUT2D eigenvalue weighted by atomic mass is 9.69. The Bertz CT molecular complexity index is 2680. The van der Waals surface area contributed by atoms with Crippen LogP contribution in [-0.2, 0) is 11.8 Å². The molecule has 6 aromatic carbocycles. The highest BCUT2D eigenvalue weighted by atomic mass is 14.9. The van der Waals surface area contributed by atoms with Crippen LogP contribution in [0.3, 0.4) is 0 Å². The van der Waals surface area contributed by atoms with E-state index in [4.69, 9.17) is 0 Å². The Labute approximate surface area is 385 Å². The number of aryl methyl sites for hydroxylation is 2. The molecule has 2 nitrogen and oxygen atoms in total. The highest BCUT2D eigenvalue weighted by molar-refractivity contribution is 5.98. The Kier molecular flexibility index (Phi) is 17.5. The molecule has 2 heteroatoms. The van der Waals surface area contributed by atoms with Crippen molar-refractivity contribution in [1.82, 2.24) is 5.32 Å². The molecule has 1 unspecified atom stereocenters. The topological polar surface area (TPSA) is 38.0 Å². The van der Waals surface area contributed by atoms with Crippen molar-refractivity contribution in [3.05, 3.63) is 244 Å². The lowest BCUT2D eigenvalue weighted by Crippen LogP contribution is -2.27. The fraction of sp³-hybridized carbons (Fsp3) is 0.226. The first-order valence-corrected chi connectivity index (χ1v) is 23.7. The molecule has 1 atom stereocenters. The van der Waals surface area contributed by atoms with E-state index in [1.165, 1.54) is 103 Å². The summed E-state index contributed by atoms with van der Waals surface area (Å²) in [4.78, 5) is 0. The first-order chi connectivity index (χ1) is 31.7. The maximum atomic E-state index is 4.50. The van der Waals surface area contributed by atoms with Crippen LogP contribution >= 0.6 is 0 Å². The molecular weight excluding hydrogens is 773 g/mol. The zero-order valence-corrected chi connectivity index (χ0v) is 39.1. The highest BCUT2D eigenvalue weighted by Crippen LogP contribution is 2.63. The predicted molar refractivity (Wildman–Crippen MR) is 281 cm³/mol. The highest BCUT2D eigenvalue weighted by Gasteiger charge is 2.52. The number of nitrogens with one attached hydrogen (secondary N) is 1. The lowest BCUT2D eigenvalue weighted by molar-refractivity contribution is 0.780. The van der Waals surface area contributed by atoms with Gasteiger partial charge in [0.25, 0.3) is 0 Å². The maximum Gasteiger partial charge on any atom is 0.0722 e. The van der Waals surface area contributed by atoms with Crippen LogP contribution in [0.4, 0.5) is 0 Å². The molecule has 0 aliphatic heterocycles. The second-order valence-electron chi connectivity index (χ2n) is 15.7. The molecule has 0 fully saturated rings. The number of allylic oxidation sites excluding steroid dienone is 11. The smallest absolute Gasteiger partial charge is 0.0722 e. The quantitative estimate of drug-likeness (QED) is 0.170. The van der Waals surface area contributed by atoms with Crippen molar-refractivity contribution in [2.45, 2.75) is 78.6 Å². The van der Waals surface area contributed by atoms with Gasteiger partial charge < -0.3 is 11.1 Å². The van der Waals surface area contributed by atoms with Gasteiger partial charge in [-0.05, 0) is 136 Å². The van der Waals surface area contributed by atoms with E-state index in [0.29, 0.717) is 0 Å². The van der Waals surface area contributed by atoms with Gasteiger partial charge >= 0.3 is 0 Å². The average molecular weight is 841 g/mol. The van der Waals surface area contributed by atoms with E-state index < -0.39 is 0 Å². The Morgan fingerprint density at radius 3 is 1.98 bits per heavy atom. The van der Waals surface area contributed by atoms with Crippen LogP contribution in [0.15, 0.2) is 199 Å². The van der Waals surface area contributed by atoms with Crippen LogP contribution in [0.25, 0.3) is 39.6 Å². The fourth-order valence-electron chi connectivity index (χ4n) is 9.59. The van der Waals surface area contributed by atoms with Crippen molar-refractivity contribution in [1.29, 1.82) is 0 Å². The Balaban J connectivity index is 0.000000243. The molecule has 0 heterocycles. The zero-order valence-electron chi connectivity index (χ0n) is 39.1. The number of rotatable bonds is 5. The van der Waals surface area contributed by atoms with Crippen molar-refractivity contribution in [3.8, 4) is 11.1 Å². The average Bonchev–Trinajstić information content (AvgIpc) is 3.86. The number of benzene rings is 6. The van der Waals surface area contributed by atoms with Crippen LogP contribution in [-0.4, -0.2) is 13.6 Å². The van der Waals surface area contributed by atoms with Gasteiger partial charge in [0.15, 0.2) is 0 Å². The molecule has 0 saturated heterocycles. The molecule has 64 heavy (non-hydrogen) atoms. The lowest BCUT2D eigenvalue weighted by Gasteiger charge is -2.32. The summed E-state index contributed by atoms with van der Waals surface area (Å²) < 4.78 is 0. The van der Waals surface area contributed by atoms with Gasteiger partial charge in [0.05, 0.1) is 5.41 Å². The summed E-state index contributed by atoms with van der Waals surface area (Å²) in [5, 5.41) is 6.30. The van der Waals surface area contributed by atoms with Crippen molar-refractivity contribution >= 4 is 28.5 Å². The predicted octanol–water partition coefficient (Wildman–Crippen LogP) is 15.9. The van der Waals surface area contributed by atoms with Gasteiger partial charge in [0.1, 0.15) is 0 Å². The van der Waals surface area contributed by atoms with E-state index in [9.17, 15) is 0 Å². The second-order valence-corrected chi connectivity index (χ2v) is 15.7. The monoisotopic (exact) mass is 841 g/mol. The summed E-state index contributed by atoms with van der Waals surface area (Å²) in [5.41, 5.74) is 22.5. The molecule has 326 valence electrons. The maximum absolute atomic E-state index is 4.50. The summed E-state index contributed by atoms with van der Waals surface area (Å²) >= 11 is 0. The molecule has 1 spiro atoms. The third-order valence-electron chi connectivity index (χ3n) is 12.2. The molecule has 0 bridgehead atoms. The summed E-state index contributed by atoms with van der Waals surface area (Å²) in [6.07, 6.45) is 31.4. The van der Waals surface area contributed by atoms with E-state index >= 15 is 0 Å². The van der Waals surface area contributed by atoms with E-state index in [1.54, 1.807) is 0 Å². The van der Waals surface area contributed by atoms with E-state index in [1.807, 2.05) is 27.7 Å². The van der Waals surface area contributed by atoms with E-state index in [-0.39, 0.29) is 5.41 Å². The zero-order chi connectivity index (χ0) is 45.2. The van der Waals surface area contributed by atoms with Crippen LogP contribution in [0.2, 0.25) is 0 Å². The molecule has 0 amide bonds. The van der Waals surface area contributed by atoms with Gasteiger partial charge in [0.2, 0.25) is 0 Å². The Morgan fingerprint density at radius 1 is 0.594 bits per heavy atom. The van der Waals surface area contributed by atoms with Crippen molar-refractivity contribution < 1.29 is 0 Å². The third-order valence-corrected chi connectivity index (χ3v) is 12.2. The van der Waals surface area contributed by atoms with Crippen molar-refractivity contribution in [2.24, 2.45) is 5.73 Å². The molecule has 0 radical (unpaired) electrons. The first kappa shape index (κ1) is 47.0. The van der Waals surface area contributed by atoms with Crippen LogP contribution in [0.5, 0.6) is 0 Å². The molecule has 5 aliphatic carbocycles. The van der Waals surface area contributed by atoms with E-state index in [2.05, 4.69) is 218 Å². The van der Waals surface area contributed by atoms with Crippen molar-refractivity contribution in [3.63, 3.8) is 0 Å². The van der Waals surface area contributed by atoms with Gasteiger partial charge in [-0.25, -0.2) is 0 Å². The van der Waals surface area contributed by atoms with Gasteiger partial charge in [-0.3, -0.25) is 0 Å². The minimum Gasteiger partial charge on any atom is -0.385 e. The molecule has 11 rings (SSSR count). The van der Waals surface area contributed by atoms with Crippen LogP contribution < -0.4 is 11.1 Å². The minimum absolute atomic E-state index is 0.231. The van der Waals surface area contributed by atoms with Crippen LogP contribution in [0, 0.1) is 6.92 Å². The summed E-state index contributed by atoms with van der Waals surface area (Å²) in [6, 6.07) is 48.6. The fourth-order valence-corrected chi connectivity index (χ4v) is 9.59. The number of hydrogen-bond acceptors (Lipinski definition) is 2. The summed E-state index contributed by atoms with van der Waals surface area (Å²) in [5.74, 6) is 0. The third kappa shape index (κ3) is 9.99. The molecule has 0 saturated carbocycles. The number of nitrogens with two attached hydrogens (primary N) is 1. The summed E-state index contributed by atoms with van der Waals surface area (Å²) in [6.45, 7) is 11.0. The standard InChI is InChI=1S/C40H33N.C11H10.C6H8.2C2H6.CH5N/c1(11-26-41-31-25-24-28-13-3-4-15-30(28)27-31)2-14-29-16-12-23-38-39(29)34-19-7-10-22-37(34)40(38)35-20-8-5-17-32(35)33-18-6-9-21-36(33)40;1-9-5-4-7-10-6-2-3-8-11(9)10;1-2-4-6-5-3-1;3*1-2/h1-5,7-17,19-23,27,41H,6,18,24-26H2;2-8H,1H3;1-4H,5-6H2;2*1-2H3;2H2,1H3/b11-1-,14-2-;;;;;. The molecule has 3 N–H and O–H groups in total. The number of hydrogen-bond donors (Lipinski definition) is 2. The first-order valence-electron chi connectivity index (χ1n) is 23.7. The van der Waals surface area contributed by atoms with Gasteiger partial charge in [-0.15, -0.1) is 0 Å². The largest absolute Gasteiger partial charge is 0.385 e. The van der Waals surface area contributed by atoms with Crippen LogP contribution in [0.1, 0.15) is 104 Å². The van der Waals surface area contributed by atoms with Gasteiger partial charge in [-0.1, -0.05) is 222 Å². The van der Waals surface area contributed by atoms with Gasteiger partial charge in [-0.2, -0.15) is 0 Å². The summed E-state index contributed by atoms with van der Waals surface area (Å²) in [7, 11) is 1.50. The van der Waals surface area contributed by atoms with Crippen molar-refractivity contribution in [2.75, 3.05) is 13.6 Å². The normalized spacial score (nSPS) is 16.5. The number of fused-ring (bicyclic) bond motifs is 11. The Morgan fingerprint density at radius 2 is 1.23 bits per heavy atom. The molecule has 0 aromatic heterocycles. The van der Waals surface area contributed by atoms with E-state index in [0.717, 1.165) is 32.2 Å². The minimum atomic E-state index is -0.231. The second kappa shape index (κ2) is 23.8. The molecular formula is C62H68N2. The molecule has 6 aromatic rings. The van der Waals surface area contributed by atoms with Gasteiger partial charge in [0, 0.05) is 12.2 Å². The SMILES string of the molecule is C1=CC2=C(CC1)c1ccccc1C21c2ccccc2-c2c(/C=C\C=C/CNC3=Cc4ccccc4CC3)cccc21.C1=CCCC=C1.CC.CC.CN.Cc1cccc2ccccc12.